The maximum atomic E-state index is 4.36. The number of allylic oxidation sites excluding steroid dienone is 2. The molecule has 0 saturated heterocycles. The van der Waals surface area contributed by atoms with E-state index in [-0.39, 0.29) is 6.29 Å². The van der Waals surface area contributed by atoms with Crippen LogP contribution in [-0.2, 0) is 0 Å². The second kappa shape index (κ2) is 2.91. The largest absolute Gasteiger partial charge is 0.353 e. The standard InChI is InChI=1S/C10H9N5/c1-2-8-13-9-11-5-3-7-4-6-12-10(14-8)15(7)9/h2-6,9,11H,1H2. The average molecular weight is 199 g/mol. The Bertz CT molecular complexity index is 466. The van der Waals surface area contributed by atoms with Gasteiger partial charge in [-0.15, -0.1) is 0 Å². The number of hydrogen-bond acceptors (Lipinski definition) is 5. The lowest BCUT2D eigenvalue weighted by Crippen LogP contribution is -2.50. The minimum Gasteiger partial charge on any atom is -0.353 e. The first-order chi connectivity index (χ1) is 7.38. The summed E-state index contributed by atoms with van der Waals surface area (Å²) in [5, 5.41) is 3.13. The van der Waals surface area contributed by atoms with Gasteiger partial charge in [0.05, 0.1) is 5.70 Å². The third-order valence-corrected chi connectivity index (χ3v) is 2.32. The van der Waals surface area contributed by atoms with Crippen LogP contribution in [0.25, 0.3) is 0 Å². The predicted octanol–water partition coefficient (Wildman–Crippen LogP) is 0.611. The molecule has 1 N–H and O–H groups in total. The number of nitrogens with one attached hydrogen (secondary N) is 1. The lowest BCUT2D eigenvalue weighted by Gasteiger charge is -2.36. The Morgan fingerprint density at radius 1 is 1.53 bits per heavy atom. The van der Waals surface area contributed by atoms with E-state index < -0.39 is 0 Å². The number of guanidine groups is 1. The Balaban J connectivity index is 2.13. The van der Waals surface area contributed by atoms with Gasteiger partial charge in [0.25, 0.3) is 0 Å². The van der Waals surface area contributed by atoms with Gasteiger partial charge in [-0.05, 0) is 18.2 Å². The van der Waals surface area contributed by atoms with E-state index in [0.29, 0.717) is 11.8 Å². The smallest absolute Gasteiger partial charge is 0.235 e. The Kier molecular flexibility index (Phi) is 1.58. The van der Waals surface area contributed by atoms with Crippen molar-refractivity contribution in [2.24, 2.45) is 15.0 Å². The van der Waals surface area contributed by atoms with Gasteiger partial charge in [-0.25, -0.2) is 9.98 Å². The molecule has 5 heteroatoms. The van der Waals surface area contributed by atoms with E-state index >= 15 is 0 Å². The molecule has 1 unspecified atom stereocenters. The van der Waals surface area contributed by atoms with Gasteiger partial charge < -0.3 is 5.32 Å². The molecule has 15 heavy (non-hydrogen) atoms. The molecule has 74 valence electrons. The van der Waals surface area contributed by atoms with Gasteiger partial charge >= 0.3 is 0 Å². The van der Waals surface area contributed by atoms with Gasteiger partial charge in [0.1, 0.15) is 0 Å². The SMILES string of the molecule is C=CC1=NC2NC=CC3=CC=NC(=N1)N32. The topological polar surface area (TPSA) is 52.4 Å². The zero-order chi connectivity index (χ0) is 10.3. The maximum Gasteiger partial charge on any atom is 0.235 e. The minimum atomic E-state index is -0.154. The Labute approximate surface area is 86.9 Å². The molecule has 1 atom stereocenters. The predicted molar refractivity (Wildman–Crippen MR) is 59.5 cm³/mol. The van der Waals surface area contributed by atoms with Crippen molar-refractivity contribution in [2.45, 2.75) is 6.29 Å². The van der Waals surface area contributed by atoms with E-state index in [1.165, 1.54) is 0 Å². The Hall–Kier alpha value is -2.17. The summed E-state index contributed by atoms with van der Waals surface area (Å²) in [7, 11) is 0. The fraction of sp³-hybridized carbons (Fsp3) is 0.100. The van der Waals surface area contributed by atoms with Crippen molar-refractivity contribution < 1.29 is 0 Å². The Morgan fingerprint density at radius 2 is 2.47 bits per heavy atom. The van der Waals surface area contributed by atoms with E-state index in [1.807, 2.05) is 23.3 Å². The van der Waals surface area contributed by atoms with E-state index in [2.05, 4.69) is 26.9 Å². The van der Waals surface area contributed by atoms with Crippen LogP contribution in [0.4, 0.5) is 0 Å². The number of rotatable bonds is 1. The van der Waals surface area contributed by atoms with Crippen LogP contribution in [0.1, 0.15) is 0 Å². The van der Waals surface area contributed by atoms with Gasteiger partial charge in [-0.3, -0.25) is 4.90 Å². The van der Waals surface area contributed by atoms with Gasteiger partial charge in [0.2, 0.25) is 12.2 Å². The van der Waals surface area contributed by atoms with Crippen molar-refractivity contribution in [1.29, 1.82) is 0 Å². The number of hydrogen-bond donors (Lipinski definition) is 1. The monoisotopic (exact) mass is 199 g/mol. The zero-order valence-electron chi connectivity index (χ0n) is 7.96. The lowest BCUT2D eigenvalue weighted by atomic mass is 10.2. The third kappa shape index (κ3) is 1.13. The van der Waals surface area contributed by atoms with Gasteiger partial charge in [0, 0.05) is 12.4 Å². The zero-order valence-corrected chi connectivity index (χ0v) is 7.96. The van der Waals surface area contributed by atoms with Crippen molar-refractivity contribution in [3.63, 3.8) is 0 Å². The lowest BCUT2D eigenvalue weighted by molar-refractivity contribution is 0.339. The first-order valence-corrected chi connectivity index (χ1v) is 4.63. The van der Waals surface area contributed by atoms with Crippen molar-refractivity contribution in [1.82, 2.24) is 10.2 Å². The van der Waals surface area contributed by atoms with E-state index in [0.717, 1.165) is 5.70 Å². The molecule has 3 aliphatic heterocycles. The molecule has 0 aromatic rings. The second-order valence-electron chi connectivity index (χ2n) is 3.22. The summed E-state index contributed by atoms with van der Waals surface area (Å²) < 4.78 is 0. The molecule has 0 fully saturated rings. The molecular formula is C10H9N5. The fourth-order valence-corrected chi connectivity index (χ4v) is 1.65. The summed E-state index contributed by atoms with van der Waals surface area (Å²) in [6.45, 7) is 3.66. The molecule has 3 aliphatic rings. The molecule has 0 aromatic carbocycles. The van der Waals surface area contributed by atoms with Gasteiger partial charge in [0.15, 0.2) is 5.84 Å². The molecule has 5 nitrogen and oxygen atoms in total. The van der Waals surface area contributed by atoms with Crippen LogP contribution in [0.2, 0.25) is 0 Å². The molecule has 0 aliphatic carbocycles. The highest BCUT2D eigenvalue weighted by Crippen LogP contribution is 2.21. The van der Waals surface area contributed by atoms with Crippen LogP contribution in [0.15, 0.2) is 51.7 Å². The minimum absolute atomic E-state index is 0.154. The average Bonchev–Trinajstić information content (AvgIpc) is 2.29. The van der Waals surface area contributed by atoms with Crippen molar-refractivity contribution >= 4 is 18.0 Å². The number of amidine groups is 1. The first kappa shape index (κ1) is 8.16. The summed E-state index contributed by atoms with van der Waals surface area (Å²) in [6.07, 6.45) is 8.98. The first-order valence-electron chi connectivity index (χ1n) is 4.63. The fourth-order valence-electron chi connectivity index (χ4n) is 1.65. The van der Waals surface area contributed by atoms with Gasteiger partial charge in [-0.1, -0.05) is 6.58 Å². The number of nitrogens with zero attached hydrogens (tertiary/aromatic N) is 4. The summed E-state index contributed by atoms with van der Waals surface area (Å²) in [5.41, 5.74) is 1.04. The molecule has 0 saturated carbocycles. The van der Waals surface area contributed by atoms with Crippen LogP contribution in [-0.4, -0.2) is 29.2 Å². The summed E-state index contributed by atoms with van der Waals surface area (Å²) >= 11 is 0. The van der Waals surface area contributed by atoms with Crippen LogP contribution >= 0.6 is 0 Å². The molecule has 0 amide bonds. The van der Waals surface area contributed by atoms with Crippen molar-refractivity contribution in [3.8, 4) is 0 Å². The molecular weight excluding hydrogens is 190 g/mol. The van der Waals surface area contributed by atoms with Crippen LogP contribution < -0.4 is 5.32 Å². The third-order valence-electron chi connectivity index (χ3n) is 2.32. The summed E-state index contributed by atoms with van der Waals surface area (Å²) in [5.74, 6) is 1.26. The van der Waals surface area contributed by atoms with E-state index in [4.69, 9.17) is 0 Å². The highest BCUT2D eigenvalue weighted by Gasteiger charge is 2.30. The van der Waals surface area contributed by atoms with Crippen molar-refractivity contribution in [3.05, 3.63) is 36.7 Å². The van der Waals surface area contributed by atoms with Crippen LogP contribution in [0, 0.1) is 0 Å². The highest BCUT2D eigenvalue weighted by molar-refractivity contribution is 6.07. The van der Waals surface area contributed by atoms with Gasteiger partial charge in [-0.2, -0.15) is 4.99 Å². The second-order valence-corrected chi connectivity index (χ2v) is 3.22. The molecule has 3 heterocycles. The molecule has 0 radical (unpaired) electrons. The normalized spacial score (nSPS) is 26.0. The molecule has 0 aromatic heterocycles. The quantitative estimate of drug-likeness (QED) is 0.672. The maximum absolute atomic E-state index is 4.36. The molecule has 0 spiro atoms. The summed E-state index contributed by atoms with van der Waals surface area (Å²) in [4.78, 5) is 14.8. The Morgan fingerprint density at radius 3 is 3.33 bits per heavy atom. The van der Waals surface area contributed by atoms with E-state index in [1.54, 1.807) is 12.3 Å². The number of aliphatic imine (C=N–C) groups is 3. The van der Waals surface area contributed by atoms with E-state index in [9.17, 15) is 0 Å². The van der Waals surface area contributed by atoms with Crippen molar-refractivity contribution in [2.75, 3.05) is 0 Å². The highest BCUT2D eigenvalue weighted by atomic mass is 15.5. The molecule has 0 bridgehead atoms. The molecule has 3 rings (SSSR count). The summed E-state index contributed by atoms with van der Waals surface area (Å²) in [6, 6.07) is 0. The van der Waals surface area contributed by atoms with Crippen LogP contribution in [0.5, 0.6) is 0 Å². The van der Waals surface area contributed by atoms with Crippen LogP contribution in [0.3, 0.4) is 0 Å².